The van der Waals surface area contributed by atoms with Gasteiger partial charge in [0.15, 0.2) is 9.84 Å². The van der Waals surface area contributed by atoms with Gasteiger partial charge in [0.25, 0.3) is 0 Å². The zero-order chi connectivity index (χ0) is 20.4. The van der Waals surface area contributed by atoms with Gasteiger partial charge in [-0.2, -0.15) is 0 Å². The summed E-state index contributed by atoms with van der Waals surface area (Å²) in [5.74, 6) is 0.0708. The number of carbonyl (C=O) groups is 1. The van der Waals surface area contributed by atoms with Crippen LogP contribution >= 0.6 is 0 Å². The quantitative estimate of drug-likeness (QED) is 0.793. The molecule has 1 amide bonds. The fourth-order valence-corrected chi connectivity index (χ4v) is 5.28. The Kier molecular flexibility index (Phi) is 6.17. The van der Waals surface area contributed by atoms with Crippen LogP contribution in [0, 0.1) is 0 Å². The molecule has 2 N–H and O–H groups in total. The molecule has 0 aromatic heterocycles. The van der Waals surface area contributed by atoms with E-state index in [9.17, 15) is 23.4 Å². The molecule has 3 rings (SSSR count). The van der Waals surface area contributed by atoms with Crippen molar-refractivity contribution < 1.29 is 23.4 Å². The topological polar surface area (TPSA) is 94.9 Å². The van der Waals surface area contributed by atoms with E-state index in [4.69, 9.17) is 0 Å². The number of aliphatic hydroxyl groups excluding tert-OH is 1. The Balaban J connectivity index is 1.90. The summed E-state index contributed by atoms with van der Waals surface area (Å²) in [5.41, 5.74) is -0.853. The molecule has 0 bridgehead atoms. The van der Waals surface area contributed by atoms with Crippen molar-refractivity contribution in [3.05, 3.63) is 29.8 Å². The number of aliphatic hydroxyl groups is 2. The second-order valence-electron chi connectivity index (χ2n) is 8.47. The molecule has 6 nitrogen and oxygen atoms in total. The molecular weight excluding hydrogens is 378 g/mol. The summed E-state index contributed by atoms with van der Waals surface area (Å²) in [6, 6.07) is 6.78. The van der Waals surface area contributed by atoms with Gasteiger partial charge >= 0.3 is 0 Å². The molecule has 1 aromatic carbocycles. The standard InChI is InChI=1S/C21H31NO5S/c1-28(26,27)18-8-6-17(7-9-18)21(11-3-2-4-12-21)19(24)22-14-5-10-20(25,16-23)13-15-22/h6-9,23,25H,2-5,10-16H2,1H3/t20-/m0/s1. The molecule has 1 atom stereocenters. The summed E-state index contributed by atoms with van der Waals surface area (Å²) < 4.78 is 23.6. The van der Waals surface area contributed by atoms with Crippen molar-refractivity contribution in [1.82, 2.24) is 4.90 Å². The fourth-order valence-electron chi connectivity index (χ4n) is 4.65. The predicted molar refractivity (Wildman–Crippen MR) is 107 cm³/mol. The Morgan fingerprint density at radius 3 is 2.21 bits per heavy atom. The van der Waals surface area contributed by atoms with Crippen molar-refractivity contribution in [2.75, 3.05) is 26.0 Å². The predicted octanol–water partition coefficient (Wildman–Crippen LogP) is 2.03. The van der Waals surface area contributed by atoms with Crippen LogP contribution in [0.5, 0.6) is 0 Å². The first-order valence-electron chi connectivity index (χ1n) is 10.1. The normalized spacial score (nSPS) is 25.9. The van der Waals surface area contributed by atoms with Crippen molar-refractivity contribution in [3.8, 4) is 0 Å². The molecule has 1 aliphatic heterocycles. The molecule has 0 unspecified atom stereocenters. The largest absolute Gasteiger partial charge is 0.393 e. The number of likely N-dealkylation sites (tertiary alicyclic amines) is 1. The highest BCUT2D eigenvalue weighted by Crippen LogP contribution is 2.42. The van der Waals surface area contributed by atoms with Crippen molar-refractivity contribution in [3.63, 3.8) is 0 Å². The SMILES string of the molecule is CS(=O)(=O)c1ccc(C2(C(=O)N3CCC[C@@](O)(CO)CC3)CCCCC2)cc1. The summed E-state index contributed by atoms with van der Waals surface area (Å²) in [7, 11) is -3.28. The smallest absolute Gasteiger partial charge is 0.233 e. The number of rotatable bonds is 4. The van der Waals surface area contributed by atoms with Gasteiger partial charge in [0, 0.05) is 19.3 Å². The molecule has 1 saturated carbocycles. The van der Waals surface area contributed by atoms with Gasteiger partial charge in [0.1, 0.15) is 0 Å². The van der Waals surface area contributed by atoms with Crippen molar-refractivity contribution >= 4 is 15.7 Å². The fraction of sp³-hybridized carbons (Fsp3) is 0.667. The lowest BCUT2D eigenvalue weighted by atomic mass is 9.68. The third kappa shape index (κ3) is 4.26. The third-order valence-electron chi connectivity index (χ3n) is 6.45. The van der Waals surface area contributed by atoms with Crippen LogP contribution in [0.3, 0.4) is 0 Å². The van der Waals surface area contributed by atoms with Crippen LogP contribution in [0.1, 0.15) is 56.9 Å². The number of hydrogen-bond donors (Lipinski definition) is 2. The summed E-state index contributed by atoms with van der Waals surface area (Å²) in [6.07, 6.45) is 7.25. The Morgan fingerprint density at radius 1 is 1.00 bits per heavy atom. The van der Waals surface area contributed by atoms with Gasteiger partial charge in [-0.3, -0.25) is 4.79 Å². The Morgan fingerprint density at radius 2 is 1.64 bits per heavy atom. The molecule has 0 radical (unpaired) electrons. The molecular formula is C21H31NO5S. The van der Waals surface area contributed by atoms with E-state index in [-0.39, 0.29) is 17.4 Å². The van der Waals surface area contributed by atoms with E-state index >= 15 is 0 Å². The number of hydrogen-bond acceptors (Lipinski definition) is 5. The monoisotopic (exact) mass is 409 g/mol. The van der Waals surface area contributed by atoms with E-state index in [1.54, 1.807) is 24.3 Å². The van der Waals surface area contributed by atoms with Gasteiger partial charge < -0.3 is 15.1 Å². The minimum Gasteiger partial charge on any atom is -0.393 e. The maximum atomic E-state index is 13.7. The van der Waals surface area contributed by atoms with Crippen LogP contribution in [-0.4, -0.2) is 61.0 Å². The van der Waals surface area contributed by atoms with Gasteiger partial charge in [-0.1, -0.05) is 31.4 Å². The lowest BCUT2D eigenvalue weighted by Crippen LogP contribution is -2.49. The second-order valence-corrected chi connectivity index (χ2v) is 10.5. The maximum Gasteiger partial charge on any atom is 0.233 e. The highest BCUT2D eigenvalue weighted by Gasteiger charge is 2.44. The van der Waals surface area contributed by atoms with Crippen LogP contribution in [0.25, 0.3) is 0 Å². The highest BCUT2D eigenvalue weighted by atomic mass is 32.2. The first-order chi connectivity index (χ1) is 13.2. The van der Waals surface area contributed by atoms with Gasteiger partial charge in [-0.15, -0.1) is 0 Å². The zero-order valence-electron chi connectivity index (χ0n) is 16.6. The van der Waals surface area contributed by atoms with Crippen molar-refractivity contribution in [1.29, 1.82) is 0 Å². The van der Waals surface area contributed by atoms with E-state index in [0.29, 0.717) is 32.4 Å². The molecule has 1 heterocycles. The third-order valence-corrected chi connectivity index (χ3v) is 7.58. The number of nitrogens with zero attached hydrogens (tertiary/aromatic N) is 1. The van der Waals surface area contributed by atoms with Crippen molar-refractivity contribution in [2.45, 2.75) is 67.3 Å². The average molecular weight is 410 g/mol. The Labute approximate surface area is 167 Å². The van der Waals surface area contributed by atoms with Crippen LogP contribution < -0.4 is 0 Å². The number of amides is 1. The lowest BCUT2D eigenvalue weighted by molar-refractivity contribution is -0.139. The number of sulfone groups is 1. The average Bonchev–Trinajstić information content (AvgIpc) is 2.90. The van der Waals surface area contributed by atoms with E-state index in [1.807, 2.05) is 4.90 Å². The summed E-state index contributed by atoms with van der Waals surface area (Å²) >= 11 is 0. The summed E-state index contributed by atoms with van der Waals surface area (Å²) in [4.78, 5) is 15.8. The minimum atomic E-state index is -3.28. The van der Waals surface area contributed by atoms with Crippen LogP contribution in [-0.2, 0) is 20.0 Å². The summed E-state index contributed by atoms with van der Waals surface area (Å²) in [6.45, 7) is 0.719. The van der Waals surface area contributed by atoms with E-state index in [2.05, 4.69) is 0 Å². The van der Waals surface area contributed by atoms with Gasteiger partial charge in [-0.25, -0.2) is 8.42 Å². The number of benzene rings is 1. The first-order valence-corrected chi connectivity index (χ1v) is 12.0. The number of carbonyl (C=O) groups excluding carboxylic acids is 1. The minimum absolute atomic E-state index is 0.0708. The molecule has 0 spiro atoms. The highest BCUT2D eigenvalue weighted by molar-refractivity contribution is 7.90. The van der Waals surface area contributed by atoms with E-state index in [0.717, 1.165) is 37.7 Å². The van der Waals surface area contributed by atoms with Crippen LogP contribution in [0.2, 0.25) is 0 Å². The Hall–Kier alpha value is -1.44. The van der Waals surface area contributed by atoms with Crippen molar-refractivity contribution in [2.24, 2.45) is 0 Å². The van der Waals surface area contributed by atoms with Crippen LogP contribution in [0.4, 0.5) is 0 Å². The molecule has 156 valence electrons. The lowest BCUT2D eigenvalue weighted by Gasteiger charge is -2.40. The van der Waals surface area contributed by atoms with E-state index < -0.39 is 20.9 Å². The van der Waals surface area contributed by atoms with Gasteiger partial charge in [0.2, 0.25) is 5.91 Å². The zero-order valence-corrected chi connectivity index (χ0v) is 17.4. The Bertz CT molecular complexity index is 799. The second kappa shape index (κ2) is 8.13. The molecule has 7 heteroatoms. The molecule has 1 aromatic rings. The van der Waals surface area contributed by atoms with E-state index in [1.165, 1.54) is 6.26 Å². The molecule has 28 heavy (non-hydrogen) atoms. The molecule has 2 fully saturated rings. The van der Waals surface area contributed by atoms with Gasteiger partial charge in [-0.05, 0) is 49.8 Å². The molecule has 2 aliphatic rings. The first kappa shape index (κ1) is 21.3. The molecule has 1 saturated heterocycles. The van der Waals surface area contributed by atoms with Gasteiger partial charge in [0.05, 0.1) is 22.5 Å². The summed E-state index contributed by atoms with van der Waals surface area (Å²) in [5, 5.41) is 19.9. The molecule has 1 aliphatic carbocycles. The maximum absolute atomic E-state index is 13.7. The van der Waals surface area contributed by atoms with Crippen LogP contribution in [0.15, 0.2) is 29.2 Å².